The van der Waals surface area contributed by atoms with E-state index in [1.54, 1.807) is 0 Å². The molecule has 2 atom stereocenters. The first-order valence-corrected chi connectivity index (χ1v) is 6.75. The lowest BCUT2D eigenvalue weighted by Gasteiger charge is -2.33. The van der Waals surface area contributed by atoms with Crippen LogP contribution in [0.3, 0.4) is 0 Å². The summed E-state index contributed by atoms with van der Waals surface area (Å²) in [4.78, 5) is 4.76. The number of likely N-dealkylation sites (tertiary alicyclic amines) is 1. The van der Waals surface area contributed by atoms with Crippen LogP contribution in [0.2, 0.25) is 0 Å². The van der Waals surface area contributed by atoms with Crippen LogP contribution < -0.4 is 5.32 Å². The molecule has 0 radical (unpaired) electrons. The van der Waals surface area contributed by atoms with E-state index < -0.39 is 0 Å². The van der Waals surface area contributed by atoms with Gasteiger partial charge < -0.3 is 15.3 Å². The molecular weight excluding hydrogens is 214 g/mol. The summed E-state index contributed by atoms with van der Waals surface area (Å²) >= 11 is 0. The summed E-state index contributed by atoms with van der Waals surface area (Å²) in [6, 6.07) is 0.670. The number of aliphatic hydroxyl groups excluding tert-OH is 1. The van der Waals surface area contributed by atoms with Gasteiger partial charge in [0.05, 0.1) is 12.1 Å². The number of likely N-dealkylation sites (N-methyl/N-ethyl adjacent to an activating group) is 1. The first kappa shape index (κ1) is 14.9. The Bertz CT molecular complexity index is 223. The summed E-state index contributed by atoms with van der Waals surface area (Å²) in [5, 5.41) is 13.0. The van der Waals surface area contributed by atoms with Crippen LogP contribution in [0.4, 0.5) is 0 Å². The third-order valence-corrected chi connectivity index (χ3v) is 3.70. The average Bonchev–Trinajstić information content (AvgIpc) is 2.75. The van der Waals surface area contributed by atoms with Crippen molar-refractivity contribution in [2.75, 3.05) is 46.9 Å². The molecule has 17 heavy (non-hydrogen) atoms. The lowest BCUT2D eigenvalue weighted by atomic mass is 10.0. The van der Waals surface area contributed by atoms with E-state index in [9.17, 15) is 5.11 Å². The van der Waals surface area contributed by atoms with Crippen molar-refractivity contribution in [1.29, 1.82) is 0 Å². The number of rotatable bonds is 7. The van der Waals surface area contributed by atoms with Crippen molar-refractivity contribution in [3.8, 4) is 0 Å². The molecule has 0 aromatic heterocycles. The molecule has 0 spiro atoms. The summed E-state index contributed by atoms with van der Waals surface area (Å²) in [5.74, 6) is 0. The smallest absolute Gasteiger partial charge is 0.0623 e. The normalized spacial score (nSPS) is 25.4. The topological polar surface area (TPSA) is 38.7 Å². The van der Waals surface area contributed by atoms with Crippen LogP contribution >= 0.6 is 0 Å². The molecule has 1 rings (SSSR count). The monoisotopic (exact) mass is 243 g/mol. The first-order valence-electron chi connectivity index (χ1n) is 6.75. The van der Waals surface area contributed by atoms with Crippen LogP contribution in [-0.4, -0.2) is 73.4 Å². The molecular formula is C13H29N3O. The van der Waals surface area contributed by atoms with Gasteiger partial charge in [0, 0.05) is 19.1 Å². The molecule has 2 N–H and O–H groups in total. The minimum absolute atomic E-state index is 0.156. The molecule has 0 amide bonds. The minimum Gasteiger partial charge on any atom is -0.394 e. The Morgan fingerprint density at radius 1 is 1.47 bits per heavy atom. The Morgan fingerprint density at radius 3 is 2.65 bits per heavy atom. The maximum absolute atomic E-state index is 9.55. The van der Waals surface area contributed by atoms with Crippen molar-refractivity contribution in [2.45, 2.75) is 38.3 Å². The molecule has 1 fully saturated rings. The Labute approximate surface area is 106 Å². The zero-order chi connectivity index (χ0) is 12.9. The minimum atomic E-state index is -0.156. The third kappa shape index (κ3) is 4.54. The molecule has 0 aromatic carbocycles. The highest BCUT2D eigenvalue weighted by molar-refractivity contribution is 4.90. The lowest BCUT2D eigenvalue weighted by Crippen LogP contribution is -2.54. The van der Waals surface area contributed by atoms with E-state index in [4.69, 9.17) is 0 Å². The Balaban J connectivity index is 2.41. The summed E-state index contributed by atoms with van der Waals surface area (Å²) < 4.78 is 0. The molecule has 1 heterocycles. The predicted molar refractivity (Wildman–Crippen MR) is 72.3 cm³/mol. The summed E-state index contributed by atoms with van der Waals surface area (Å²) in [6.07, 6.45) is 2.35. The van der Waals surface area contributed by atoms with Gasteiger partial charge in [-0.1, -0.05) is 6.92 Å². The average molecular weight is 243 g/mol. The molecule has 0 bridgehead atoms. The number of hydrogen-bond acceptors (Lipinski definition) is 4. The number of nitrogens with zero attached hydrogens (tertiary/aromatic N) is 2. The van der Waals surface area contributed by atoms with E-state index in [1.807, 2.05) is 0 Å². The number of hydrogen-bond donors (Lipinski definition) is 2. The van der Waals surface area contributed by atoms with Gasteiger partial charge in [-0.25, -0.2) is 0 Å². The van der Waals surface area contributed by atoms with E-state index in [-0.39, 0.29) is 12.1 Å². The Morgan fingerprint density at radius 2 is 2.18 bits per heavy atom. The van der Waals surface area contributed by atoms with Gasteiger partial charge >= 0.3 is 0 Å². The highest BCUT2D eigenvalue weighted by Crippen LogP contribution is 2.16. The Hall–Kier alpha value is -0.160. The maximum Gasteiger partial charge on any atom is 0.0623 e. The van der Waals surface area contributed by atoms with Crippen molar-refractivity contribution >= 4 is 0 Å². The number of nitrogens with one attached hydrogen (secondary N) is 1. The predicted octanol–water partition coefficient (Wildman–Crippen LogP) is 0.373. The van der Waals surface area contributed by atoms with Crippen LogP contribution in [-0.2, 0) is 0 Å². The lowest BCUT2D eigenvalue weighted by molar-refractivity contribution is 0.128. The molecule has 4 heteroatoms. The van der Waals surface area contributed by atoms with Gasteiger partial charge in [0.2, 0.25) is 0 Å². The van der Waals surface area contributed by atoms with E-state index in [0.29, 0.717) is 6.04 Å². The van der Waals surface area contributed by atoms with Crippen LogP contribution in [0.5, 0.6) is 0 Å². The van der Waals surface area contributed by atoms with Crippen molar-refractivity contribution in [1.82, 2.24) is 15.1 Å². The van der Waals surface area contributed by atoms with Gasteiger partial charge in [-0.15, -0.1) is 0 Å². The molecule has 0 saturated carbocycles. The largest absolute Gasteiger partial charge is 0.394 e. The standard InChI is InChI=1S/C13H29N3O/c1-5-7-14-13(2,11-17)10-16-8-6-12(9-16)15(3)4/h12,14,17H,5-11H2,1-4H3. The van der Waals surface area contributed by atoms with E-state index in [1.165, 1.54) is 6.42 Å². The zero-order valence-electron chi connectivity index (χ0n) is 11.9. The van der Waals surface area contributed by atoms with E-state index in [0.717, 1.165) is 32.6 Å². The number of aliphatic hydroxyl groups is 1. The highest BCUT2D eigenvalue weighted by atomic mass is 16.3. The molecule has 1 aliphatic heterocycles. The molecule has 102 valence electrons. The van der Waals surface area contributed by atoms with Gasteiger partial charge in [-0.05, 0) is 47.0 Å². The second-order valence-corrected chi connectivity index (χ2v) is 5.79. The van der Waals surface area contributed by atoms with Crippen molar-refractivity contribution in [2.24, 2.45) is 0 Å². The second kappa shape index (κ2) is 6.69. The van der Waals surface area contributed by atoms with Crippen molar-refractivity contribution < 1.29 is 5.11 Å². The molecule has 1 aliphatic rings. The van der Waals surface area contributed by atoms with Crippen molar-refractivity contribution in [3.05, 3.63) is 0 Å². The molecule has 1 saturated heterocycles. The summed E-state index contributed by atoms with van der Waals surface area (Å²) in [7, 11) is 4.30. The van der Waals surface area contributed by atoms with Crippen LogP contribution in [0.1, 0.15) is 26.7 Å². The first-order chi connectivity index (χ1) is 8.00. The van der Waals surface area contributed by atoms with Gasteiger partial charge in [0.25, 0.3) is 0 Å². The quantitative estimate of drug-likeness (QED) is 0.678. The fourth-order valence-corrected chi connectivity index (χ4v) is 2.46. The van der Waals surface area contributed by atoms with E-state index >= 15 is 0 Å². The third-order valence-electron chi connectivity index (χ3n) is 3.70. The van der Waals surface area contributed by atoms with Gasteiger partial charge in [-0.2, -0.15) is 0 Å². The molecule has 2 unspecified atom stereocenters. The van der Waals surface area contributed by atoms with Gasteiger partial charge in [0.1, 0.15) is 0 Å². The fourth-order valence-electron chi connectivity index (χ4n) is 2.46. The van der Waals surface area contributed by atoms with E-state index in [2.05, 4.69) is 43.1 Å². The summed E-state index contributed by atoms with van der Waals surface area (Å²) in [5.41, 5.74) is -0.156. The second-order valence-electron chi connectivity index (χ2n) is 5.79. The molecule has 0 aromatic rings. The SMILES string of the molecule is CCCNC(C)(CO)CN1CCC(N(C)C)C1. The molecule has 0 aliphatic carbocycles. The van der Waals surface area contributed by atoms with Gasteiger partial charge in [-0.3, -0.25) is 4.90 Å². The van der Waals surface area contributed by atoms with Crippen LogP contribution in [0.15, 0.2) is 0 Å². The summed E-state index contributed by atoms with van der Waals surface area (Å²) in [6.45, 7) is 8.66. The van der Waals surface area contributed by atoms with Gasteiger partial charge in [0.15, 0.2) is 0 Å². The van der Waals surface area contributed by atoms with Crippen LogP contribution in [0.25, 0.3) is 0 Å². The maximum atomic E-state index is 9.55. The zero-order valence-corrected chi connectivity index (χ0v) is 11.9. The highest BCUT2D eigenvalue weighted by Gasteiger charge is 2.30. The molecule has 4 nitrogen and oxygen atoms in total. The fraction of sp³-hybridized carbons (Fsp3) is 1.00. The van der Waals surface area contributed by atoms with Crippen molar-refractivity contribution in [3.63, 3.8) is 0 Å². The Kier molecular flexibility index (Phi) is 5.86. The van der Waals surface area contributed by atoms with Crippen LogP contribution in [0, 0.1) is 0 Å².